The number of amides is 1. The Kier molecular flexibility index (Phi) is 5.50. The molecule has 1 aliphatic carbocycles. The summed E-state index contributed by atoms with van der Waals surface area (Å²) in [4.78, 5) is 20.6. The molecule has 0 spiro atoms. The quantitative estimate of drug-likeness (QED) is 0.661. The lowest BCUT2D eigenvalue weighted by atomic mass is 10.1. The summed E-state index contributed by atoms with van der Waals surface area (Å²) in [5, 5.41) is 11.5. The van der Waals surface area contributed by atoms with E-state index < -0.39 is 0 Å². The van der Waals surface area contributed by atoms with E-state index >= 15 is 0 Å². The zero-order valence-electron chi connectivity index (χ0n) is 16.2. The highest BCUT2D eigenvalue weighted by Crippen LogP contribution is 2.29. The number of benzene rings is 1. The highest BCUT2D eigenvalue weighted by atomic mass is 16.1. The van der Waals surface area contributed by atoms with Crippen LogP contribution in [-0.4, -0.2) is 32.7 Å². The summed E-state index contributed by atoms with van der Waals surface area (Å²) in [7, 11) is 1.64. The Morgan fingerprint density at radius 1 is 1.11 bits per heavy atom. The number of nitrogens with one attached hydrogen (secondary N) is 2. The molecule has 0 unspecified atom stereocenters. The summed E-state index contributed by atoms with van der Waals surface area (Å²) < 4.78 is 2.08. The van der Waals surface area contributed by atoms with Crippen LogP contribution in [0.5, 0.6) is 0 Å². The molecule has 7 heteroatoms. The van der Waals surface area contributed by atoms with Crippen LogP contribution in [0.25, 0.3) is 11.0 Å². The van der Waals surface area contributed by atoms with E-state index in [4.69, 9.17) is 4.98 Å². The second-order valence-electron chi connectivity index (χ2n) is 7.38. The van der Waals surface area contributed by atoms with Crippen molar-refractivity contribution < 1.29 is 4.79 Å². The molecule has 2 N–H and O–H groups in total. The molecule has 1 aromatic carbocycles. The molecule has 1 fully saturated rings. The largest absolute Gasteiger partial charge is 0.359 e. The van der Waals surface area contributed by atoms with Crippen molar-refractivity contribution in [3.8, 4) is 0 Å². The predicted octanol–water partition coefficient (Wildman–Crippen LogP) is 3.75. The smallest absolute Gasteiger partial charge is 0.229 e. The average molecular weight is 378 g/mol. The van der Waals surface area contributed by atoms with Gasteiger partial charge in [-0.3, -0.25) is 4.79 Å². The van der Waals surface area contributed by atoms with Crippen molar-refractivity contribution >= 4 is 28.6 Å². The van der Waals surface area contributed by atoms with Crippen LogP contribution in [0, 0.1) is 0 Å². The maximum Gasteiger partial charge on any atom is 0.229 e. The van der Waals surface area contributed by atoms with Gasteiger partial charge in [0, 0.05) is 18.9 Å². The van der Waals surface area contributed by atoms with Crippen molar-refractivity contribution in [2.75, 3.05) is 12.4 Å². The SMILES string of the molecule is CNC(=O)Cc1ccc(Nc2ncc3cnn(C4CCCCCC4)c3n2)cc1. The third-order valence-electron chi connectivity index (χ3n) is 5.36. The Balaban J connectivity index is 1.52. The second kappa shape index (κ2) is 8.37. The molecule has 2 heterocycles. The molecule has 0 saturated heterocycles. The molecule has 7 nitrogen and oxygen atoms in total. The minimum absolute atomic E-state index is 0.00117. The Morgan fingerprint density at radius 3 is 2.57 bits per heavy atom. The van der Waals surface area contributed by atoms with Crippen LogP contribution in [-0.2, 0) is 11.2 Å². The Labute approximate surface area is 164 Å². The van der Waals surface area contributed by atoms with Crippen molar-refractivity contribution in [2.45, 2.75) is 51.0 Å². The fourth-order valence-electron chi connectivity index (χ4n) is 3.77. The molecule has 28 heavy (non-hydrogen) atoms. The number of nitrogens with zero attached hydrogens (tertiary/aromatic N) is 4. The normalized spacial score (nSPS) is 15.3. The number of hydrogen-bond acceptors (Lipinski definition) is 5. The third-order valence-corrected chi connectivity index (χ3v) is 5.36. The fourth-order valence-corrected chi connectivity index (χ4v) is 3.77. The maximum absolute atomic E-state index is 11.5. The van der Waals surface area contributed by atoms with Gasteiger partial charge in [0.1, 0.15) is 0 Å². The topological polar surface area (TPSA) is 84.7 Å². The zero-order chi connectivity index (χ0) is 19.3. The number of aromatic nitrogens is 4. The van der Waals surface area contributed by atoms with E-state index in [1.165, 1.54) is 25.7 Å². The van der Waals surface area contributed by atoms with Crippen molar-refractivity contribution in [2.24, 2.45) is 0 Å². The van der Waals surface area contributed by atoms with Crippen molar-refractivity contribution in [1.29, 1.82) is 0 Å². The van der Waals surface area contributed by atoms with Crippen LogP contribution in [0.4, 0.5) is 11.6 Å². The van der Waals surface area contributed by atoms with E-state index in [0.29, 0.717) is 18.4 Å². The van der Waals surface area contributed by atoms with Crippen LogP contribution in [0.2, 0.25) is 0 Å². The molecule has 146 valence electrons. The van der Waals surface area contributed by atoms with Gasteiger partial charge in [0.15, 0.2) is 5.65 Å². The van der Waals surface area contributed by atoms with Gasteiger partial charge in [-0.1, -0.05) is 37.8 Å². The van der Waals surface area contributed by atoms with Crippen molar-refractivity contribution in [3.05, 3.63) is 42.2 Å². The first-order chi connectivity index (χ1) is 13.7. The molecule has 0 aliphatic heterocycles. The van der Waals surface area contributed by atoms with Gasteiger partial charge in [0.05, 0.1) is 24.0 Å². The van der Waals surface area contributed by atoms with E-state index in [1.807, 2.05) is 36.7 Å². The lowest BCUT2D eigenvalue weighted by Crippen LogP contribution is -2.19. The van der Waals surface area contributed by atoms with Crippen molar-refractivity contribution in [3.63, 3.8) is 0 Å². The molecular weight excluding hydrogens is 352 g/mol. The van der Waals surface area contributed by atoms with Crippen LogP contribution >= 0.6 is 0 Å². The van der Waals surface area contributed by atoms with E-state index in [1.54, 1.807) is 7.05 Å². The molecule has 0 atom stereocenters. The molecule has 1 saturated carbocycles. The third kappa shape index (κ3) is 4.13. The van der Waals surface area contributed by atoms with E-state index in [0.717, 1.165) is 35.1 Å². The van der Waals surface area contributed by atoms with E-state index in [9.17, 15) is 4.79 Å². The summed E-state index contributed by atoms with van der Waals surface area (Å²) in [5.74, 6) is 0.559. The standard InChI is InChI=1S/C21H26N6O/c1-22-19(28)12-15-8-10-17(11-9-15)25-21-23-13-16-14-24-27(20(16)26-21)18-6-4-2-3-5-7-18/h8-11,13-14,18H,2-7,12H2,1H3,(H,22,28)(H,23,25,26). The molecular formula is C21H26N6O. The average Bonchev–Trinajstić information content (AvgIpc) is 2.94. The maximum atomic E-state index is 11.5. The summed E-state index contributed by atoms with van der Waals surface area (Å²) in [6.07, 6.45) is 11.5. The minimum atomic E-state index is 0.00117. The first kappa shape index (κ1) is 18.4. The number of rotatable bonds is 5. The van der Waals surface area contributed by atoms with Gasteiger partial charge in [0.2, 0.25) is 11.9 Å². The Hall–Kier alpha value is -2.96. The van der Waals surface area contributed by atoms with Crippen LogP contribution in [0.3, 0.4) is 0 Å². The number of hydrogen-bond donors (Lipinski definition) is 2. The lowest BCUT2D eigenvalue weighted by Gasteiger charge is -2.15. The molecule has 4 rings (SSSR count). The molecule has 1 aliphatic rings. The molecule has 3 aromatic rings. The summed E-state index contributed by atoms with van der Waals surface area (Å²) >= 11 is 0. The highest BCUT2D eigenvalue weighted by molar-refractivity contribution is 5.78. The first-order valence-electron chi connectivity index (χ1n) is 10.00. The number of anilines is 2. The van der Waals surface area contributed by atoms with Gasteiger partial charge in [-0.05, 0) is 30.5 Å². The van der Waals surface area contributed by atoms with Crippen LogP contribution in [0.15, 0.2) is 36.7 Å². The zero-order valence-corrected chi connectivity index (χ0v) is 16.2. The van der Waals surface area contributed by atoms with Crippen molar-refractivity contribution in [1.82, 2.24) is 25.1 Å². The Morgan fingerprint density at radius 2 is 1.86 bits per heavy atom. The highest BCUT2D eigenvalue weighted by Gasteiger charge is 2.18. The molecule has 0 bridgehead atoms. The minimum Gasteiger partial charge on any atom is -0.359 e. The lowest BCUT2D eigenvalue weighted by molar-refractivity contribution is -0.119. The van der Waals surface area contributed by atoms with Crippen LogP contribution < -0.4 is 10.6 Å². The number of carbonyl (C=O) groups excluding carboxylic acids is 1. The van der Waals surface area contributed by atoms with Gasteiger partial charge in [-0.15, -0.1) is 0 Å². The fraction of sp³-hybridized carbons (Fsp3) is 0.429. The molecule has 1 amide bonds. The molecule has 0 radical (unpaired) electrons. The number of fused-ring (bicyclic) bond motifs is 1. The van der Waals surface area contributed by atoms with Gasteiger partial charge >= 0.3 is 0 Å². The van der Waals surface area contributed by atoms with E-state index in [2.05, 4.69) is 25.4 Å². The summed E-state index contributed by atoms with van der Waals surface area (Å²) in [5.41, 5.74) is 2.74. The summed E-state index contributed by atoms with van der Waals surface area (Å²) in [6, 6.07) is 8.17. The van der Waals surface area contributed by atoms with Gasteiger partial charge < -0.3 is 10.6 Å². The molecule has 2 aromatic heterocycles. The number of carbonyl (C=O) groups is 1. The monoisotopic (exact) mass is 378 g/mol. The predicted molar refractivity (Wildman–Crippen MR) is 110 cm³/mol. The van der Waals surface area contributed by atoms with Gasteiger partial charge in [-0.25, -0.2) is 9.67 Å². The Bertz CT molecular complexity index is 941. The second-order valence-corrected chi connectivity index (χ2v) is 7.38. The van der Waals surface area contributed by atoms with Gasteiger partial charge in [-0.2, -0.15) is 10.1 Å². The number of likely N-dealkylation sites (N-methyl/N-ethyl adjacent to an activating group) is 1. The summed E-state index contributed by atoms with van der Waals surface area (Å²) in [6.45, 7) is 0. The van der Waals surface area contributed by atoms with Crippen LogP contribution in [0.1, 0.15) is 50.1 Å². The first-order valence-corrected chi connectivity index (χ1v) is 10.00. The van der Waals surface area contributed by atoms with E-state index in [-0.39, 0.29) is 5.91 Å². The van der Waals surface area contributed by atoms with Gasteiger partial charge in [0.25, 0.3) is 0 Å².